The number of amides is 2. The molecule has 0 aliphatic heterocycles. The standard InChI is InChI=1S/C7H10N2O2.C7H7N/c8-6(10)4-2-1-3-5-7(9)11;1-2-7-3-5-8-6-4-7/h2-5H,1H2,(H2,8,10)(H2,9,11);2-6H,1H2. The van der Waals surface area contributed by atoms with Crippen LogP contribution in [0.2, 0.25) is 0 Å². The molecule has 100 valence electrons. The average molecular weight is 259 g/mol. The minimum atomic E-state index is -0.502. The summed E-state index contributed by atoms with van der Waals surface area (Å²) in [4.78, 5) is 24.1. The molecule has 5 nitrogen and oxygen atoms in total. The third kappa shape index (κ3) is 11.6. The summed E-state index contributed by atoms with van der Waals surface area (Å²) in [6.07, 6.45) is 11.3. The molecule has 0 saturated carbocycles. The summed E-state index contributed by atoms with van der Waals surface area (Å²) in [7, 11) is 0. The van der Waals surface area contributed by atoms with E-state index in [2.05, 4.69) is 11.6 Å². The molecule has 1 heterocycles. The van der Waals surface area contributed by atoms with Crippen LogP contribution in [0, 0.1) is 0 Å². The topological polar surface area (TPSA) is 99.1 Å². The van der Waals surface area contributed by atoms with Crippen LogP contribution in [0.3, 0.4) is 0 Å². The lowest BCUT2D eigenvalue weighted by Gasteiger charge is -1.84. The molecular formula is C14H17N3O2. The lowest BCUT2D eigenvalue weighted by molar-refractivity contribution is -0.114. The molecule has 1 aromatic heterocycles. The molecule has 19 heavy (non-hydrogen) atoms. The van der Waals surface area contributed by atoms with E-state index in [0.717, 1.165) is 5.56 Å². The van der Waals surface area contributed by atoms with Gasteiger partial charge in [-0.25, -0.2) is 0 Å². The van der Waals surface area contributed by atoms with Crippen LogP contribution in [0.5, 0.6) is 0 Å². The van der Waals surface area contributed by atoms with Crippen molar-refractivity contribution in [1.29, 1.82) is 0 Å². The summed E-state index contributed by atoms with van der Waals surface area (Å²) in [5.74, 6) is -1.00. The van der Waals surface area contributed by atoms with Crippen molar-refractivity contribution in [3.8, 4) is 0 Å². The number of pyridine rings is 1. The normalized spacial score (nSPS) is 9.89. The highest BCUT2D eigenvalue weighted by atomic mass is 16.1. The molecule has 0 aromatic carbocycles. The van der Waals surface area contributed by atoms with Crippen molar-refractivity contribution in [2.45, 2.75) is 6.42 Å². The van der Waals surface area contributed by atoms with Gasteiger partial charge in [0.15, 0.2) is 0 Å². The van der Waals surface area contributed by atoms with Gasteiger partial charge in [-0.2, -0.15) is 0 Å². The first-order valence-corrected chi connectivity index (χ1v) is 5.50. The predicted octanol–water partition coefficient (Wildman–Crippen LogP) is 1.18. The van der Waals surface area contributed by atoms with Gasteiger partial charge in [-0.15, -0.1) is 0 Å². The van der Waals surface area contributed by atoms with Gasteiger partial charge >= 0.3 is 0 Å². The lowest BCUT2D eigenvalue weighted by atomic mass is 10.3. The van der Waals surface area contributed by atoms with Gasteiger partial charge in [0, 0.05) is 12.4 Å². The Labute approximate surface area is 112 Å². The molecule has 0 fully saturated rings. The summed E-state index contributed by atoms with van der Waals surface area (Å²) in [5, 5.41) is 0. The molecule has 5 heteroatoms. The molecule has 0 aliphatic carbocycles. The van der Waals surface area contributed by atoms with Crippen molar-refractivity contribution < 1.29 is 9.59 Å². The molecular weight excluding hydrogens is 242 g/mol. The van der Waals surface area contributed by atoms with E-state index in [1.807, 2.05) is 12.1 Å². The van der Waals surface area contributed by atoms with E-state index >= 15 is 0 Å². The van der Waals surface area contributed by atoms with Crippen LogP contribution < -0.4 is 11.5 Å². The first-order valence-electron chi connectivity index (χ1n) is 5.50. The highest BCUT2D eigenvalue weighted by Crippen LogP contribution is 1.95. The number of hydrogen-bond acceptors (Lipinski definition) is 3. The third-order valence-electron chi connectivity index (χ3n) is 1.78. The van der Waals surface area contributed by atoms with Crippen LogP contribution in [0.25, 0.3) is 6.08 Å². The zero-order chi connectivity index (χ0) is 14.5. The largest absolute Gasteiger partial charge is 0.366 e. The summed E-state index contributed by atoms with van der Waals surface area (Å²) >= 11 is 0. The van der Waals surface area contributed by atoms with E-state index in [1.54, 1.807) is 30.6 Å². The van der Waals surface area contributed by atoms with Crippen molar-refractivity contribution in [2.75, 3.05) is 0 Å². The van der Waals surface area contributed by atoms with Crippen LogP contribution in [-0.4, -0.2) is 16.8 Å². The van der Waals surface area contributed by atoms with Gasteiger partial charge in [0.05, 0.1) is 0 Å². The van der Waals surface area contributed by atoms with Crippen molar-refractivity contribution in [3.05, 3.63) is 61.0 Å². The minimum Gasteiger partial charge on any atom is -0.366 e. The van der Waals surface area contributed by atoms with Gasteiger partial charge in [0.25, 0.3) is 0 Å². The molecule has 1 rings (SSSR count). The third-order valence-corrected chi connectivity index (χ3v) is 1.78. The first-order chi connectivity index (χ1) is 9.06. The van der Waals surface area contributed by atoms with Gasteiger partial charge in [-0.3, -0.25) is 14.6 Å². The second-order valence-electron chi connectivity index (χ2n) is 3.33. The summed E-state index contributed by atoms with van der Waals surface area (Å²) in [6, 6.07) is 3.82. The van der Waals surface area contributed by atoms with E-state index in [0.29, 0.717) is 6.42 Å². The van der Waals surface area contributed by atoms with E-state index in [4.69, 9.17) is 11.5 Å². The van der Waals surface area contributed by atoms with Crippen molar-refractivity contribution >= 4 is 17.9 Å². The second kappa shape index (κ2) is 10.5. The van der Waals surface area contributed by atoms with Gasteiger partial charge in [-0.05, 0) is 36.3 Å². The number of hydrogen-bond donors (Lipinski definition) is 2. The monoisotopic (exact) mass is 259 g/mol. The van der Waals surface area contributed by atoms with E-state index < -0.39 is 11.8 Å². The Balaban J connectivity index is 0.000000356. The Bertz CT molecular complexity index is 443. The Morgan fingerprint density at radius 1 is 1.11 bits per heavy atom. The highest BCUT2D eigenvalue weighted by Gasteiger charge is 1.81. The highest BCUT2D eigenvalue weighted by molar-refractivity contribution is 5.86. The number of nitrogens with zero attached hydrogens (tertiary/aromatic N) is 1. The maximum absolute atomic E-state index is 10.1. The molecule has 0 saturated heterocycles. The van der Waals surface area contributed by atoms with Crippen LogP contribution in [0.4, 0.5) is 0 Å². The molecule has 0 bridgehead atoms. The molecule has 0 spiro atoms. The maximum Gasteiger partial charge on any atom is 0.241 e. The fourth-order valence-corrected chi connectivity index (χ4v) is 0.946. The lowest BCUT2D eigenvalue weighted by Crippen LogP contribution is -2.05. The zero-order valence-corrected chi connectivity index (χ0v) is 10.5. The van der Waals surface area contributed by atoms with Crippen LogP contribution in [-0.2, 0) is 9.59 Å². The van der Waals surface area contributed by atoms with Gasteiger partial charge in [0.1, 0.15) is 0 Å². The minimum absolute atomic E-state index is 0.478. The number of primary amides is 2. The Kier molecular flexibility index (Phi) is 8.98. The van der Waals surface area contributed by atoms with E-state index in [9.17, 15) is 9.59 Å². The number of allylic oxidation sites excluding steroid dienone is 2. The summed E-state index contributed by atoms with van der Waals surface area (Å²) < 4.78 is 0. The molecule has 0 unspecified atom stereocenters. The van der Waals surface area contributed by atoms with Crippen molar-refractivity contribution in [1.82, 2.24) is 4.98 Å². The van der Waals surface area contributed by atoms with Gasteiger partial charge < -0.3 is 11.5 Å². The van der Waals surface area contributed by atoms with Crippen LogP contribution >= 0.6 is 0 Å². The SMILES string of the molecule is C=Cc1ccncc1.NC(=O)C=CCC=CC(N)=O. The molecule has 4 N–H and O–H groups in total. The molecule has 1 aromatic rings. The Morgan fingerprint density at radius 3 is 1.89 bits per heavy atom. The predicted molar refractivity (Wildman–Crippen MR) is 75.6 cm³/mol. The van der Waals surface area contributed by atoms with Gasteiger partial charge in [0.2, 0.25) is 11.8 Å². The Hall–Kier alpha value is -2.69. The van der Waals surface area contributed by atoms with Crippen LogP contribution in [0.1, 0.15) is 12.0 Å². The quantitative estimate of drug-likeness (QED) is 0.777. The number of carbonyl (C=O) groups is 2. The average Bonchev–Trinajstić information content (AvgIpc) is 2.39. The number of aromatic nitrogens is 1. The number of carbonyl (C=O) groups excluding carboxylic acids is 2. The van der Waals surface area contributed by atoms with E-state index in [1.165, 1.54) is 12.2 Å². The molecule has 0 aliphatic rings. The van der Waals surface area contributed by atoms with Crippen molar-refractivity contribution in [3.63, 3.8) is 0 Å². The maximum atomic E-state index is 10.1. The summed E-state index contributed by atoms with van der Waals surface area (Å²) in [5.41, 5.74) is 10.7. The fourth-order valence-electron chi connectivity index (χ4n) is 0.946. The smallest absolute Gasteiger partial charge is 0.241 e. The number of rotatable bonds is 5. The summed E-state index contributed by atoms with van der Waals surface area (Å²) in [6.45, 7) is 3.60. The fraction of sp³-hybridized carbons (Fsp3) is 0.0714. The number of nitrogens with two attached hydrogens (primary N) is 2. The van der Waals surface area contributed by atoms with Gasteiger partial charge in [-0.1, -0.05) is 24.8 Å². The van der Waals surface area contributed by atoms with E-state index in [-0.39, 0.29) is 0 Å². The van der Waals surface area contributed by atoms with Crippen molar-refractivity contribution in [2.24, 2.45) is 11.5 Å². The first kappa shape index (κ1) is 16.3. The molecule has 0 radical (unpaired) electrons. The molecule has 2 amide bonds. The second-order valence-corrected chi connectivity index (χ2v) is 3.33. The van der Waals surface area contributed by atoms with Crippen LogP contribution in [0.15, 0.2) is 55.4 Å². The zero-order valence-electron chi connectivity index (χ0n) is 10.5. The molecule has 0 atom stereocenters. The Morgan fingerprint density at radius 2 is 1.58 bits per heavy atom.